The molecule has 3 aromatic rings. The Labute approximate surface area is 240 Å². The van der Waals surface area contributed by atoms with Gasteiger partial charge in [0.1, 0.15) is 5.82 Å². The molecule has 1 atom stereocenters. The van der Waals surface area contributed by atoms with Gasteiger partial charge in [-0.2, -0.15) is 17.0 Å². The van der Waals surface area contributed by atoms with Crippen LogP contribution >= 0.6 is 23.4 Å². The van der Waals surface area contributed by atoms with Crippen molar-refractivity contribution in [1.29, 1.82) is 5.26 Å². The largest absolute Gasteiger partial charge is 0.384 e. The Kier molecular flexibility index (Phi) is 7.88. The minimum absolute atomic E-state index is 0.0877. The van der Waals surface area contributed by atoms with E-state index in [0.717, 1.165) is 46.0 Å². The zero-order valence-electron chi connectivity index (χ0n) is 22.6. The maximum absolute atomic E-state index is 13.6. The van der Waals surface area contributed by atoms with Crippen molar-refractivity contribution < 1.29 is 4.79 Å². The first-order valence-corrected chi connectivity index (χ1v) is 14.8. The van der Waals surface area contributed by atoms with Crippen molar-refractivity contribution in [1.82, 2.24) is 0 Å². The number of nitrogens with two attached hydrogens (primary N) is 1. The number of allylic oxidation sites excluding steroid dienone is 3. The van der Waals surface area contributed by atoms with E-state index in [1.165, 1.54) is 16.7 Å². The first-order chi connectivity index (χ1) is 18.8. The summed E-state index contributed by atoms with van der Waals surface area (Å²) in [5.41, 5.74) is 16.3. The standard InChI is InChI=1S/C33H32ClN3OS/c1-20-12-13-25(16-28(20)34)37-29-10-7-11-30(38)32(29)31(27(17-35)33(37)36)26-15-24(21(2)14-22(26)3)19-39-18-23-8-5-4-6-9-23/h4-6,8-9,12-16,31H,7,10-11,18-19,36H2,1-3H3. The summed E-state index contributed by atoms with van der Waals surface area (Å²) in [5.74, 6) is 1.75. The van der Waals surface area contributed by atoms with Crippen LogP contribution in [-0.2, 0) is 16.3 Å². The predicted molar refractivity (Wildman–Crippen MR) is 161 cm³/mol. The highest BCUT2D eigenvalue weighted by Crippen LogP contribution is 2.47. The lowest BCUT2D eigenvalue weighted by Gasteiger charge is -2.40. The molecule has 1 heterocycles. The number of carbonyl (C=O) groups excluding carboxylic acids is 1. The maximum atomic E-state index is 13.6. The van der Waals surface area contributed by atoms with E-state index in [1.807, 2.05) is 47.9 Å². The quantitative estimate of drug-likeness (QED) is 0.335. The van der Waals surface area contributed by atoms with Gasteiger partial charge in [-0.25, -0.2) is 0 Å². The van der Waals surface area contributed by atoms with Crippen molar-refractivity contribution in [3.05, 3.63) is 122 Å². The van der Waals surface area contributed by atoms with Crippen LogP contribution in [0.3, 0.4) is 0 Å². The van der Waals surface area contributed by atoms with E-state index < -0.39 is 5.92 Å². The molecule has 2 aliphatic rings. The number of hydrogen-bond acceptors (Lipinski definition) is 5. The average molecular weight is 554 g/mol. The highest BCUT2D eigenvalue weighted by Gasteiger charge is 2.41. The number of halogens is 1. The van der Waals surface area contributed by atoms with Crippen LogP contribution in [0, 0.1) is 32.1 Å². The third-order valence-electron chi connectivity index (χ3n) is 7.73. The van der Waals surface area contributed by atoms with Crippen molar-refractivity contribution >= 4 is 34.8 Å². The number of aryl methyl sites for hydroxylation is 3. The van der Waals surface area contributed by atoms with E-state index in [4.69, 9.17) is 17.3 Å². The van der Waals surface area contributed by atoms with Gasteiger partial charge in [-0.1, -0.05) is 60.1 Å². The highest BCUT2D eigenvalue weighted by molar-refractivity contribution is 7.97. The Morgan fingerprint density at radius 3 is 2.49 bits per heavy atom. The lowest BCUT2D eigenvalue weighted by Crippen LogP contribution is -2.39. The number of anilines is 1. The summed E-state index contributed by atoms with van der Waals surface area (Å²) in [7, 11) is 0. The van der Waals surface area contributed by atoms with Gasteiger partial charge in [0.05, 0.1) is 17.6 Å². The number of ketones is 1. The topological polar surface area (TPSA) is 70.1 Å². The van der Waals surface area contributed by atoms with Gasteiger partial charge >= 0.3 is 0 Å². The van der Waals surface area contributed by atoms with Crippen molar-refractivity contribution in [3.63, 3.8) is 0 Å². The predicted octanol–water partition coefficient (Wildman–Crippen LogP) is 8.00. The van der Waals surface area contributed by atoms with Gasteiger partial charge in [-0.3, -0.25) is 9.69 Å². The third-order valence-corrected chi connectivity index (χ3v) is 9.19. The smallest absolute Gasteiger partial charge is 0.161 e. The van der Waals surface area contributed by atoms with Crippen LogP contribution in [0.5, 0.6) is 0 Å². The van der Waals surface area contributed by atoms with E-state index >= 15 is 0 Å². The molecule has 0 spiro atoms. The lowest BCUT2D eigenvalue weighted by molar-refractivity contribution is -0.116. The first kappa shape index (κ1) is 27.1. The summed E-state index contributed by atoms with van der Waals surface area (Å²) < 4.78 is 0. The Morgan fingerprint density at radius 2 is 1.77 bits per heavy atom. The summed E-state index contributed by atoms with van der Waals surface area (Å²) in [6.07, 6.45) is 1.94. The molecule has 0 fully saturated rings. The van der Waals surface area contributed by atoms with Gasteiger partial charge in [-0.05, 0) is 79.1 Å². The summed E-state index contributed by atoms with van der Waals surface area (Å²) in [5, 5.41) is 11.1. The molecule has 0 bridgehead atoms. The third kappa shape index (κ3) is 5.24. The Balaban J connectivity index is 1.59. The number of benzene rings is 3. The fraction of sp³-hybridized carbons (Fsp3) is 0.273. The van der Waals surface area contributed by atoms with Gasteiger partial charge in [0, 0.05) is 39.9 Å². The van der Waals surface area contributed by atoms with Gasteiger partial charge in [0.25, 0.3) is 0 Å². The van der Waals surface area contributed by atoms with Crippen molar-refractivity contribution in [2.45, 2.75) is 57.5 Å². The fourth-order valence-corrected chi connectivity index (χ4v) is 6.88. The molecule has 39 heavy (non-hydrogen) atoms. The molecule has 6 heteroatoms. The van der Waals surface area contributed by atoms with E-state index in [0.29, 0.717) is 34.8 Å². The fourth-order valence-electron chi connectivity index (χ4n) is 5.65. The Morgan fingerprint density at radius 1 is 1.00 bits per heavy atom. The van der Waals surface area contributed by atoms with Gasteiger partial charge in [0.2, 0.25) is 0 Å². The van der Waals surface area contributed by atoms with Crippen molar-refractivity contribution in [3.8, 4) is 6.07 Å². The number of rotatable bonds is 6. The molecular formula is C33H32ClN3OS. The molecule has 0 aromatic heterocycles. The van der Waals surface area contributed by atoms with E-state index in [-0.39, 0.29) is 5.78 Å². The SMILES string of the molecule is Cc1ccc(N2C(N)=C(C#N)C(c3cc(CSCc4ccccc4)c(C)cc3C)C3=C2CCCC3=O)cc1Cl. The van der Waals surface area contributed by atoms with Crippen LogP contribution in [0.4, 0.5) is 5.69 Å². The van der Waals surface area contributed by atoms with Gasteiger partial charge in [0.15, 0.2) is 5.78 Å². The number of nitriles is 1. The maximum Gasteiger partial charge on any atom is 0.161 e. The molecule has 0 saturated carbocycles. The van der Waals surface area contributed by atoms with Gasteiger partial charge in [-0.15, -0.1) is 0 Å². The second kappa shape index (κ2) is 11.3. The number of thioether (sulfide) groups is 1. The van der Waals surface area contributed by atoms with Crippen molar-refractivity contribution in [2.24, 2.45) is 5.73 Å². The number of nitrogens with zero attached hydrogens (tertiary/aromatic N) is 2. The Hall–Kier alpha value is -3.46. The minimum Gasteiger partial charge on any atom is -0.384 e. The minimum atomic E-state index is -0.478. The van der Waals surface area contributed by atoms with Crippen molar-refractivity contribution in [2.75, 3.05) is 4.90 Å². The van der Waals surface area contributed by atoms with Crippen LogP contribution < -0.4 is 10.6 Å². The zero-order valence-corrected chi connectivity index (χ0v) is 24.1. The molecule has 3 aromatic carbocycles. The van der Waals surface area contributed by atoms with Crippen LogP contribution in [-0.4, -0.2) is 5.78 Å². The van der Waals surface area contributed by atoms with Crippen LogP contribution in [0.2, 0.25) is 5.02 Å². The number of Topliss-reactive ketones (excluding diaryl/α,β-unsaturated/α-hetero) is 1. The molecule has 2 N–H and O–H groups in total. The zero-order chi connectivity index (χ0) is 27.7. The van der Waals surface area contributed by atoms with E-state index in [9.17, 15) is 10.1 Å². The Bertz CT molecular complexity index is 1550. The summed E-state index contributed by atoms with van der Waals surface area (Å²) in [4.78, 5) is 15.5. The molecule has 0 amide bonds. The van der Waals surface area contributed by atoms with Crippen LogP contribution in [0.1, 0.15) is 58.6 Å². The molecule has 1 aliphatic heterocycles. The molecule has 5 rings (SSSR count). The second-order valence-electron chi connectivity index (χ2n) is 10.4. The van der Waals surface area contributed by atoms with E-state index in [1.54, 1.807) is 0 Å². The number of hydrogen-bond donors (Lipinski definition) is 1. The molecule has 4 nitrogen and oxygen atoms in total. The molecule has 0 radical (unpaired) electrons. The van der Waals surface area contributed by atoms with E-state index in [2.05, 4.69) is 56.3 Å². The highest BCUT2D eigenvalue weighted by atomic mass is 35.5. The number of carbonyl (C=O) groups is 1. The second-order valence-corrected chi connectivity index (χ2v) is 11.8. The molecular weight excluding hydrogens is 522 g/mol. The average Bonchev–Trinajstić information content (AvgIpc) is 2.92. The normalized spacial score (nSPS) is 17.4. The lowest BCUT2D eigenvalue weighted by atomic mass is 9.74. The summed E-state index contributed by atoms with van der Waals surface area (Å²) in [6.45, 7) is 6.14. The molecule has 198 valence electrons. The monoisotopic (exact) mass is 553 g/mol. The molecule has 0 saturated heterocycles. The summed E-state index contributed by atoms with van der Waals surface area (Å²) >= 11 is 8.34. The molecule has 1 unspecified atom stereocenters. The van der Waals surface area contributed by atoms with Crippen LogP contribution in [0.15, 0.2) is 83.3 Å². The first-order valence-electron chi connectivity index (χ1n) is 13.2. The summed E-state index contributed by atoms with van der Waals surface area (Å²) in [6, 6.07) is 23.0. The van der Waals surface area contributed by atoms with Gasteiger partial charge < -0.3 is 5.73 Å². The van der Waals surface area contributed by atoms with Crippen LogP contribution in [0.25, 0.3) is 0 Å². The molecule has 1 aliphatic carbocycles.